The molecule has 0 aromatic carbocycles. The largest absolute Gasteiger partial charge is 0.512 e. The van der Waals surface area contributed by atoms with Crippen LogP contribution in [0.1, 0.15) is 51.4 Å². The van der Waals surface area contributed by atoms with Gasteiger partial charge in [0.2, 0.25) is 12.6 Å². The Morgan fingerprint density at radius 2 is 1.28 bits per heavy atom. The molecule has 0 radical (unpaired) electrons. The van der Waals surface area contributed by atoms with Crippen LogP contribution in [-0.4, -0.2) is 31.9 Å². The van der Waals surface area contributed by atoms with E-state index in [2.05, 4.69) is 0 Å². The van der Waals surface area contributed by atoms with Crippen LogP contribution >= 0.6 is 0 Å². The first-order valence-corrected chi connectivity index (χ1v) is 6.95. The first-order valence-electron chi connectivity index (χ1n) is 6.95. The van der Waals surface area contributed by atoms with Crippen molar-refractivity contribution in [1.82, 2.24) is 0 Å². The molecule has 0 bridgehead atoms. The molecule has 18 heavy (non-hydrogen) atoms. The molecule has 2 rings (SSSR count). The minimum absolute atomic E-state index is 0.453. The Balaban J connectivity index is 1.69. The molecule has 0 aliphatic carbocycles. The molecule has 0 aromatic heterocycles. The zero-order valence-electron chi connectivity index (χ0n) is 10.8. The molecule has 2 heterocycles. The highest BCUT2D eigenvalue weighted by atomic mass is 16.8. The van der Waals surface area contributed by atoms with E-state index in [1.807, 2.05) is 0 Å². The number of carbonyl (C=O) groups excluding carboxylic acids is 1. The zero-order chi connectivity index (χ0) is 12.6. The standard InChI is InChI=1S/C13H22O5/c14-13(17-11-7-3-1-5-9-15-11)18-12-8-4-2-6-10-16-12/h11-12H,1-10H2. The number of rotatable bonds is 2. The van der Waals surface area contributed by atoms with Gasteiger partial charge in [-0.15, -0.1) is 0 Å². The third kappa shape index (κ3) is 4.82. The van der Waals surface area contributed by atoms with Crippen molar-refractivity contribution in [3.8, 4) is 0 Å². The van der Waals surface area contributed by atoms with Crippen LogP contribution in [0.25, 0.3) is 0 Å². The van der Waals surface area contributed by atoms with E-state index in [-0.39, 0.29) is 0 Å². The van der Waals surface area contributed by atoms with Gasteiger partial charge in [0.05, 0.1) is 13.2 Å². The van der Waals surface area contributed by atoms with Crippen molar-refractivity contribution in [3.63, 3.8) is 0 Å². The maximum atomic E-state index is 11.6. The summed E-state index contributed by atoms with van der Waals surface area (Å²) in [5.41, 5.74) is 0. The molecule has 0 aromatic rings. The van der Waals surface area contributed by atoms with Crippen molar-refractivity contribution >= 4 is 6.16 Å². The monoisotopic (exact) mass is 258 g/mol. The van der Waals surface area contributed by atoms with Gasteiger partial charge in [-0.2, -0.15) is 0 Å². The molecule has 0 amide bonds. The first-order chi connectivity index (χ1) is 8.84. The summed E-state index contributed by atoms with van der Waals surface area (Å²) >= 11 is 0. The second-order valence-electron chi connectivity index (χ2n) is 4.79. The Morgan fingerprint density at radius 1 is 0.778 bits per heavy atom. The van der Waals surface area contributed by atoms with Crippen molar-refractivity contribution in [2.45, 2.75) is 63.9 Å². The smallest absolute Gasteiger partial charge is 0.404 e. The average molecular weight is 258 g/mol. The summed E-state index contributed by atoms with van der Waals surface area (Å²) < 4.78 is 21.2. The van der Waals surface area contributed by atoms with Crippen LogP contribution in [0, 0.1) is 0 Å². The predicted octanol–water partition coefficient (Wildman–Crippen LogP) is 2.97. The quantitative estimate of drug-likeness (QED) is 0.713. The van der Waals surface area contributed by atoms with Gasteiger partial charge in [-0.3, -0.25) is 0 Å². The lowest BCUT2D eigenvalue weighted by molar-refractivity contribution is -0.161. The number of ether oxygens (including phenoxy) is 4. The van der Waals surface area contributed by atoms with Gasteiger partial charge in [0.25, 0.3) is 0 Å². The molecule has 0 saturated carbocycles. The molecule has 2 unspecified atom stereocenters. The van der Waals surface area contributed by atoms with Crippen molar-refractivity contribution in [3.05, 3.63) is 0 Å². The van der Waals surface area contributed by atoms with Crippen molar-refractivity contribution in [1.29, 1.82) is 0 Å². The second-order valence-corrected chi connectivity index (χ2v) is 4.79. The summed E-state index contributed by atoms with van der Waals surface area (Å²) in [4.78, 5) is 11.6. The van der Waals surface area contributed by atoms with E-state index in [4.69, 9.17) is 18.9 Å². The van der Waals surface area contributed by atoms with Crippen LogP contribution in [0.4, 0.5) is 4.79 Å². The molecule has 0 spiro atoms. The van der Waals surface area contributed by atoms with Crippen LogP contribution < -0.4 is 0 Å². The number of hydrogen-bond acceptors (Lipinski definition) is 5. The fourth-order valence-electron chi connectivity index (χ4n) is 2.20. The van der Waals surface area contributed by atoms with Crippen LogP contribution in [0.2, 0.25) is 0 Å². The lowest BCUT2D eigenvalue weighted by Crippen LogP contribution is -2.26. The van der Waals surface area contributed by atoms with Crippen molar-refractivity contribution in [2.24, 2.45) is 0 Å². The maximum absolute atomic E-state index is 11.6. The molecule has 5 nitrogen and oxygen atoms in total. The molecule has 2 saturated heterocycles. The van der Waals surface area contributed by atoms with Crippen molar-refractivity contribution in [2.75, 3.05) is 13.2 Å². The number of carbonyl (C=O) groups is 1. The Labute approximate surface area is 108 Å². The highest BCUT2D eigenvalue weighted by Gasteiger charge is 2.22. The Hall–Kier alpha value is -0.810. The van der Waals surface area contributed by atoms with Gasteiger partial charge in [0, 0.05) is 12.8 Å². The van der Waals surface area contributed by atoms with E-state index >= 15 is 0 Å². The van der Waals surface area contributed by atoms with Gasteiger partial charge in [-0.05, 0) is 25.7 Å². The lowest BCUT2D eigenvalue weighted by Gasteiger charge is -2.19. The molecular formula is C13H22O5. The van der Waals surface area contributed by atoms with Gasteiger partial charge in [0.15, 0.2) is 0 Å². The summed E-state index contributed by atoms with van der Waals surface area (Å²) in [5.74, 6) is 0. The minimum atomic E-state index is -0.672. The van der Waals surface area contributed by atoms with Gasteiger partial charge < -0.3 is 18.9 Å². The molecule has 2 atom stereocenters. The molecule has 2 fully saturated rings. The lowest BCUT2D eigenvalue weighted by atomic mass is 10.2. The molecule has 104 valence electrons. The summed E-state index contributed by atoms with van der Waals surface area (Å²) in [5, 5.41) is 0. The summed E-state index contributed by atoms with van der Waals surface area (Å²) in [7, 11) is 0. The Morgan fingerprint density at radius 3 is 1.78 bits per heavy atom. The normalized spacial score (nSPS) is 30.0. The van der Waals surface area contributed by atoms with E-state index in [9.17, 15) is 4.79 Å². The van der Waals surface area contributed by atoms with E-state index in [0.717, 1.165) is 51.4 Å². The van der Waals surface area contributed by atoms with E-state index in [0.29, 0.717) is 13.2 Å². The summed E-state index contributed by atoms with van der Waals surface area (Å²) in [6, 6.07) is 0. The first kappa shape index (κ1) is 13.6. The average Bonchev–Trinajstić information content (AvgIpc) is 2.74. The van der Waals surface area contributed by atoms with Gasteiger partial charge in [-0.1, -0.05) is 12.8 Å². The Kier molecular flexibility index (Phi) is 5.74. The van der Waals surface area contributed by atoms with E-state index in [1.165, 1.54) is 0 Å². The van der Waals surface area contributed by atoms with Gasteiger partial charge >= 0.3 is 6.16 Å². The SMILES string of the molecule is O=C(OC1CCCCCO1)OC1CCCCCO1. The maximum Gasteiger partial charge on any atom is 0.512 e. The summed E-state index contributed by atoms with van der Waals surface area (Å²) in [6.07, 6.45) is 6.28. The van der Waals surface area contributed by atoms with Crippen LogP contribution in [0.15, 0.2) is 0 Å². The summed E-state index contributed by atoms with van der Waals surface area (Å²) in [6.45, 7) is 1.30. The van der Waals surface area contributed by atoms with Gasteiger partial charge in [-0.25, -0.2) is 4.79 Å². The Bertz CT molecular complexity index is 216. The molecule has 5 heteroatoms. The van der Waals surface area contributed by atoms with E-state index in [1.54, 1.807) is 0 Å². The molecule has 0 N–H and O–H groups in total. The third-order valence-electron chi connectivity index (χ3n) is 3.23. The van der Waals surface area contributed by atoms with Gasteiger partial charge in [0.1, 0.15) is 0 Å². The molecular weight excluding hydrogens is 236 g/mol. The third-order valence-corrected chi connectivity index (χ3v) is 3.23. The minimum Gasteiger partial charge on any atom is -0.404 e. The molecule has 2 aliphatic heterocycles. The second kappa shape index (κ2) is 7.59. The van der Waals surface area contributed by atoms with E-state index < -0.39 is 18.7 Å². The highest BCUT2D eigenvalue weighted by molar-refractivity contribution is 5.60. The fraction of sp³-hybridized carbons (Fsp3) is 0.923. The highest BCUT2D eigenvalue weighted by Crippen LogP contribution is 2.17. The number of hydrogen-bond donors (Lipinski definition) is 0. The van der Waals surface area contributed by atoms with Crippen LogP contribution in [0.3, 0.4) is 0 Å². The molecule has 2 aliphatic rings. The topological polar surface area (TPSA) is 54.0 Å². The van der Waals surface area contributed by atoms with Crippen molar-refractivity contribution < 1.29 is 23.7 Å². The van der Waals surface area contributed by atoms with Crippen LogP contribution in [-0.2, 0) is 18.9 Å². The van der Waals surface area contributed by atoms with Crippen LogP contribution in [0.5, 0.6) is 0 Å². The zero-order valence-corrected chi connectivity index (χ0v) is 10.8. The predicted molar refractivity (Wildman–Crippen MR) is 64.0 cm³/mol. The fourth-order valence-corrected chi connectivity index (χ4v) is 2.20.